The van der Waals surface area contributed by atoms with E-state index in [0.717, 1.165) is 16.7 Å². The Bertz CT molecular complexity index is 1290. The first kappa shape index (κ1) is 21.8. The molecule has 2 amide bonds. The maximum atomic E-state index is 13.7. The summed E-state index contributed by atoms with van der Waals surface area (Å²) >= 11 is 0. The zero-order valence-electron chi connectivity index (χ0n) is 18.2. The normalized spacial score (nSPS) is 18.4. The molecule has 2 fully saturated rings. The SMILES string of the molecule is Cc1c(F)cccc1NC(=O)N1CC(S(=O)(=O)N2CCC(c3coc4cccnc34)CC2)C1. The maximum absolute atomic E-state index is 13.7. The number of nitrogens with one attached hydrogen (secondary N) is 1. The Morgan fingerprint density at radius 2 is 1.94 bits per heavy atom. The zero-order valence-corrected chi connectivity index (χ0v) is 19.0. The number of likely N-dealkylation sites (tertiary alicyclic amines) is 1. The molecule has 8 nitrogen and oxygen atoms in total. The average Bonchev–Trinajstić information content (AvgIpc) is 3.20. The second-order valence-corrected chi connectivity index (χ2v) is 10.8. The average molecular weight is 473 g/mol. The van der Waals surface area contributed by atoms with Crippen LogP contribution in [0.15, 0.2) is 47.2 Å². The molecular weight excluding hydrogens is 447 g/mol. The summed E-state index contributed by atoms with van der Waals surface area (Å²) in [5, 5.41) is 2.04. The van der Waals surface area contributed by atoms with Gasteiger partial charge in [0.25, 0.3) is 0 Å². The Balaban J connectivity index is 1.17. The number of amides is 2. The van der Waals surface area contributed by atoms with Crippen LogP contribution in [0.1, 0.15) is 29.9 Å². The molecule has 4 heterocycles. The predicted octanol–water partition coefficient (Wildman–Crippen LogP) is 3.70. The van der Waals surface area contributed by atoms with Gasteiger partial charge >= 0.3 is 6.03 Å². The Kier molecular flexibility index (Phi) is 5.57. The van der Waals surface area contributed by atoms with Gasteiger partial charge in [-0.15, -0.1) is 0 Å². The molecule has 3 aromatic rings. The Hall–Kier alpha value is -2.98. The standard InChI is InChI=1S/C23H25FN4O4S/c1-15-19(24)4-2-5-20(15)26-23(29)27-12-17(13-27)33(30,31)28-10-7-16(8-11-28)18-14-32-21-6-3-9-25-22(18)21/h2-6,9,14,16-17H,7-8,10-13H2,1H3,(H,26,29). The van der Waals surface area contributed by atoms with Crippen LogP contribution in [0.2, 0.25) is 0 Å². The molecule has 0 unspecified atom stereocenters. The molecule has 0 spiro atoms. The van der Waals surface area contributed by atoms with E-state index in [9.17, 15) is 17.6 Å². The number of benzene rings is 1. The number of aromatic nitrogens is 1. The lowest BCUT2D eigenvalue weighted by atomic mass is 9.91. The van der Waals surface area contributed by atoms with Crippen LogP contribution in [0.4, 0.5) is 14.9 Å². The van der Waals surface area contributed by atoms with Crippen molar-refractivity contribution in [3.63, 3.8) is 0 Å². The van der Waals surface area contributed by atoms with Crippen molar-refractivity contribution in [3.05, 3.63) is 59.7 Å². The number of halogens is 1. The number of rotatable bonds is 4. The van der Waals surface area contributed by atoms with Crippen LogP contribution in [-0.4, -0.2) is 60.1 Å². The fourth-order valence-corrected chi connectivity index (χ4v) is 6.41. The minimum atomic E-state index is -3.50. The molecule has 2 saturated heterocycles. The number of urea groups is 1. The van der Waals surface area contributed by atoms with E-state index >= 15 is 0 Å². The van der Waals surface area contributed by atoms with Gasteiger partial charge in [0.15, 0.2) is 5.58 Å². The van der Waals surface area contributed by atoms with E-state index in [0.29, 0.717) is 37.2 Å². The minimum absolute atomic E-state index is 0.124. The van der Waals surface area contributed by atoms with E-state index in [4.69, 9.17) is 4.42 Å². The minimum Gasteiger partial charge on any atom is -0.462 e. The summed E-state index contributed by atoms with van der Waals surface area (Å²) < 4.78 is 47.0. The monoisotopic (exact) mass is 472 g/mol. The first-order valence-corrected chi connectivity index (χ1v) is 12.5. The summed E-state index contributed by atoms with van der Waals surface area (Å²) in [6.45, 7) is 2.69. The number of nitrogens with zero attached hydrogens (tertiary/aromatic N) is 3. The van der Waals surface area contributed by atoms with Crippen molar-refractivity contribution in [1.29, 1.82) is 0 Å². The van der Waals surface area contributed by atoms with Crippen molar-refractivity contribution in [2.45, 2.75) is 30.9 Å². The van der Waals surface area contributed by atoms with Crippen LogP contribution < -0.4 is 5.32 Å². The number of hydrogen-bond acceptors (Lipinski definition) is 5. The zero-order chi connectivity index (χ0) is 23.2. The number of sulfonamides is 1. The predicted molar refractivity (Wildman–Crippen MR) is 122 cm³/mol. The van der Waals surface area contributed by atoms with E-state index in [1.807, 2.05) is 12.1 Å². The molecule has 1 aromatic carbocycles. The van der Waals surface area contributed by atoms with Crippen LogP contribution in [0, 0.1) is 12.7 Å². The quantitative estimate of drug-likeness (QED) is 0.625. The first-order chi connectivity index (χ1) is 15.8. The lowest BCUT2D eigenvalue weighted by Gasteiger charge is -2.42. The largest absolute Gasteiger partial charge is 0.462 e. The number of carbonyl (C=O) groups excluding carboxylic acids is 1. The Morgan fingerprint density at radius 3 is 2.70 bits per heavy atom. The van der Waals surface area contributed by atoms with Crippen LogP contribution in [0.5, 0.6) is 0 Å². The van der Waals surface area contributed by atoms with Gasteiger partial charge in [0.1, 0.15) is 16.6 Å². The van der Waals surface area contributed by atoms with Gasteiger partial charge in [0.05, 0.1) is 6.26 Å². The third-order valence-electron chi connectivity index (χ3n) is 6.68. The number of pyridine rings is 1. The summed E-state index contributed by atoms with van der Waals surface area (Å²) in [6.07, 6.45) is 4.85. The molecule has 2 aromatic heterocycles. The number of hydrogen-bond donors (Lipinski definition) is 1. The molecule has 0 aliphatic carbocycles. The van der Waals surface area contributed by atoms with E-state index in [1.54, 1.807) is 25.5 Å². The van der Waals surface area contributed by atoms with Crippen molar-refractivity contribution in [2.75, 3.05) is 31.5 Å². The molecule has 5 rings (SSSR count). The van der Waals surface area contributed by atoms with Gasteiger partial charge in [-0.3, -0.25) is 4.98 Å². The fraction of sp³-hybridized carbons (Fsp3) is 0.391. The van der Waals surface area contributed by atoms with E-state index < -0.39 is 27.1 Å². The van der Waals surface area contributed by atoms with E-state index in [1.165, 1.54) is 21.3 Å². The summed E-state index contributed by atoms with van der Waals surface area (Å²) in [5.74, 6) is -0.203. The highest BCUT2D eigenvalue weighted by atomic mass is 32.2. The molecule has 0 bridgehead atoms. The van der Waals surface area contributed by atoms with Crippen molar-refractivity contribution >= 4 is 32.8 Å². The summed E-state index contributed by atoms with van der Waals surface area (Å²) in [4.78, 5) is 18.3. The van der Waals surface area contributed by atoms with Gasteiger partial charge in [-0.1, -0.05) is 6.07 Å². The molecule has 2 aliphatic rings. The molecule has 0 atom stereocenters. The van der Waals surface area contributed by atoms with Gasteiger partial charge < -0.3 is 14.6 Å². The highest BCUT2D eigenvalue weighted by molar-refractivity contribution is 7.89. The van der Waals surface area contributed by atoms with Gasteiger partial charge in [0.2, 0.25) is 10.0 Å². The summed E-state index contributed by atoms with van der Waals surface area (Å²) in [7, 11) is -3.50. The number of anilines is 1. The van der Waals surface area contributed by atoms with Gasteiger partial charge in [-0.2, -0.15) is 0 Å². The summed E-state index contributed by atoms with van der Waals surface area (Å²) in [6, 6.07) is 7.74. The van der Waals surface area contributed by atoms with Crippen LogP contribution in [-0.2, 0) is 10.0 Å². The van der Waals surface area contributed by atoms with Gasteiger partial charge in [-0.05, 0) is 49.9 Å². The molecule has 1 N–H and O–H groups in total. The molecule has 10 heteroatoms. The van der Waals surface area contributed by atoms with Crippen molar-refractivity contribution in [3.8, 4) is 0 Å². The van der Waals surface area contributed by atoms with Gasteiger partial charge in [-0.25, -0.2) is 21.9 Å². The molecule has 0 radical (unpaired) electrons. The Morgan fingerprint density at radius 1 is 1.18 bits per heavy atom. The first-order valence-electron chi connectivity index (χ1n) is 11.0. The highest BCUT2D eigenvalue weighted by Gasteiger charge is 2.44. The second-order valence-electron chi connectivity index (χ2n) is 8.63. The number of fused-ring (bicyclic) bond motifs is 1. The van der Waals surface area contributed by atoms with Crippen LogP contribution in [0.25, 0.3) is 11.1 Å². The molecular formula is C23H25FN4O4S. The second kappa shape index (κ2) is 8.42. The third-order valence-corrected chi connectivity index (χ3v) is 8.90. The van der Waals surface area contributed by atoms with Crippen molar-refractivity contribution in [1.82, 2.24) is 14.2 Å². The van der Waals surface area contributed by atoms with Crippen LogP contribution >= 0.6 is 0 Å². The van der Waals surface area contributed by atoms with Crippen LogP contribution in [0.3, 0.4) is 0 Å². The lowest BCUT2D eigenvalue weighted by molar-refractivity contribution is 0.179. The van der Waals surface area contributed by atoms with Crippen molar-refractivity contribution < 1.29 is 22.0 Å². The van der Waals surface area contributed by atoms with E-state index in [-0.39, 0.29) is 19.0 Å². The molecule has 174 valence electrons. The lowest BCUT2D eigenvalue weighted by Crippen LogP contribution is -2.61. The van der Waals surface area contributed by atoms with E-state index in [2.05, 4.69) is 10.3 Å². The number of furan rings is 1. The van der Waals surface area contributed by atoms with Gasteiger partial charge in [0, 0.05) is 49.2 Å². The summed E-state index contributed by atoms with van der Waals surface area (Å²) in [5.41, 5.74) is 3.34. The number of piperidine rings is 1. The molecule has 0 saturated carbocycles. The smallest absolute Gasteiger partial charge is 0.321 e. The molecule has 2 aliphatic heterocycles. The highest BCUT2D eigenvalue weighted by Crippen LogP contribution is 2.35. The third kappa shape index (κ3) is 3.97. The number of carbonyl (C=O) groups is 1. The molecule has 33 heavy (non-hydrogen) atoms. The van der Waals surface area contributed by atoms with Crippen molar-refractivity contribution in [2.24, 2.45) is 0 Å². The maximum Gasteiger partial charge on any atom is 0.321 e. The topological polar surface area (TPSA) is 95.8 Å². The Labute approximate surface area is 191 Å². The fourth-order valence-electron chi connectivity index (χ4n) is 4.54.